The van der Waals surface area contributed by atoms with Gasteiger partial charge in [-0.25, -0.2) is 0 Å². The van der Waals surface area contributed by atoms with Gasteiger partial charge in [0.15, 0.2) is 0 Å². The van der Waals surface area contributed by atoms with Crippen LogP contribution in [-0.2, 0) is 0 Å². The first-order valence-corrected chi connectivity index (χ1v) is 7.26. The SMILES string of the molecule is C=Cc1c(C)oc2c(C)cc(-c3ccccc3C)c(C)c12. The Labute approximate surface area is 125 Å². The van der Waals surface area contributed by atoms with Crippen LogP contribution >= 0.6 is 0 Å². The van der Waals surface area contributed by atoms with E-state index in [0.29, 0.717) is 0 Å². The summed E-state index contributed by atoms with van der Waals surface area (Å²) in [5, 5.41) is 1.20. The lowest BCUT2D eigenvalue weighted by atomic mass is 9.91. The highest BCUT2D eigenvalue weighted by Gasteiger charge is 2.17. The average molecular weight is 276 g/mol. The number of hydrogen-bond donors (Lipinski definition) is 0. The molecule has 3 aromatic rings. The first kappa shape index (κ1) is 13.7. The summed E-state index contributed by atoms with van der Waals surface area (Å²) in [6.45, 7) is 12.4. The quantitative estimate of drug-likeness (QED) is 0.561. The summed E-state index contributed by atoms with van der Waals surface area (Å²) in [6.07, 6.45) is 1.90. The average Bonchev–Trinajstić information content (AvgIpc) is 2.81. The van der Waals surface area contributed by atoms with Crippen molar-refractivity contribution in [2.75, 3.05) is 0 Å². The van der Waals surface area contributed by atoms with E-state index in [1.54, 1.807) is 0 Å². The minimum Gasteiger partial charge on any atom is -0.460 e. The molecule has 1 heteroatoms. The Morgan fingerprint density at radius 1 is 0.952 bits per heavy atom. The minimum atomic E-state index is 0.938. The summed E-state index contributed by atoms with van der Waals surface area (Å²) in [5.74, 6) is 0.938. The Morgan fingerprint density at radius 3 is 2.33 bits per heavy atom. The smallest absolute Gasteiger partial charge is 0.138 e. The van der Waals surface area contributed by atoms with Gasteiger partial charge in [0.05, 0.1) is 0 Å². The van der Waals surface area contributed by atoms with E-state index >= 15 is 0 Å². The topological polar surface area (TPSA) is 13.1 Å². The molecule has 0 radical (unpaired) electrons. The van der Waals surface area contributed by atoms with Gasteiger partial charge in [0, 0.05) is 10.9 Å². The molecule has 0 N–H and O–H groups in total. The molecule has 0 aliphatic carbocycles. The van der Waals surface area contributed by atoms with E-state index in [0.717, 1.165) is 16.9 Å². The second kappa shape index (κ2) is 4.92. The predicted molar refractivity (Wildman–Crippen MR) is 90.7 cm³/mol. The maximum absolute atomic E-state index is 5.95. The molecule has 1 aromatic heterocycles. The highest BCUT2D eigenvalue weighted by atomic mass is 16.3. The van der Waals surface area contributed by atoms with Crippen LogP contribution in [0.25, 0.3) is 28.2 Å². The van der Waals surface area contributed by atoms with Crippen LogP contribution in [0.2, 0.25) is 0 Å². The Morgan fingerprint density at radius 2 is 1.67 bits per heavy atom. The van der Waals surface area contributed by atoms with Crippen LogP contribution in [0.3, 0.4) is 0 Å². The van der Waals surface area contributed by atoms with Gasteiger partial charge in [0.25, 0.3) is 0 Å². The van der Waals surface area contributed by atoms with Crippen molar-refractivity contribution < 1.29 is 4.42 Å². The second-order valence-corrected chi connectivity index (χ2v) is 5.66. The van der Waals surface area contributed by atoms with Crippen molar-refractivity contribution >= 4 is 17.0 Å². The maximum atomic E-state index is 5.95. The number of fused-ring (bicyclic) bond motifs is 1. The highest BCUT2D eigenvalue weighted by Crippen LogP contribution is 2.38. The zero-order chi connectivity index (χ0) is 15.1. The van der Waals surface area contributed by atoms with Crippen molar-refractivity contribution in [2.24, 2.45) is 0 Å². The molecule has 0 aliphatic heterocycles. The molecule has 3 rings (SSSR count). The van der Waals surface area contributed by atoms with Gasteiger partial charge in [0.2, 0.25) is 0 Å². The first-order chi connectivity index (χ1) is 10.0. The molecule has 1 nitrogen and oxygen atoms in total. The fourth-order valence-corrected chi connectivity index (χ4v) is 3.13. The van der Waals surface area contributed by atoms with Crippen LogP contribution in [-0.4, -0.2) is 0 Å². The van der Waals surface area contributed by atoms with Crippen molar-refractivity contribution in [3.8, 4) is 11.1 Å². The third kappa shape index (κ3) is 2.01. The third-order valence-electron chi connectivity index (χ3n) is 4.27. The molecule has 0 bridgehead atoms. The van der Waals surface area contributed by atoms with E-state index in [2.05, 4.69) is 57.7 Å². The lowest BCUT2D eigenvalue weighted by molar-refractivity contribution is 0.575. The zero-order valence-corrected chi connectivity index (χ0v) is 13.1. The van der Waals surface area contributed by atoms with Gasteiger partial charge in [-0.1, -0.05) is 36.9 Å². The standard InChI is InChI=1S/C20H20O/c1-6-16-15(5)21-20-13(3)11-18(14(4)19(16)20)17-10-8-7-9-12(17)2/h6-11H,1H2,2-5H3. The van der Waals surface area contributed by atoms with Gasteiger partial charge >= 0.3 is 0 Å². The molecule has 0 spiro atoms. The van der Waals surface area contributed by atoms with Crippen LogP contribution in [0, 0.1) is 27.7 Å². The van der Waals surface area contributed by atoms with E-state index in [4.69, 9.17) is 4.42 Å². The number of rotatable bonds is 2. The summed E-state index contributed by atoms with van der Waals surface area (Å²) in [4.78, 5) is 0. The van der Waals surface area contributed by atoms with Crippen molar-refractivity contribution in [3.05, 3.63) is 64.9 Å². The van der Waals surface area contributed by atoms with Gasteiger partial charge in [-0.2, -0.15) is 0 Å². The Kier molecular flexibility index (Phi) is 3.21. The van der Waals surface area contributed by atoms with Gasteiger partial charge in [-0.15, -0.1) is 0 Å². The predicted octanol–water partition coefficient (Wildman–Crippen LogP) is 5.98. The van der Waals surface area contributed by atoms with Gasteiger partial charge in [-0.3, -0.25) is 0 Å². The third-order valence-corrected chi connectivity index (χ3v) is 4.27. The van der Waals surface area contributed by atoms with Crippen molar-refractivity contribution in [1.29, 1.82) is 0 Å². The Hall–Kier alpha value is -2.28. The first-order valence-electron chi connectivity index (χ1n) is 7.26. The molecule has 0 saturated heterocycles. The fraction of sp³-hybridized carbons (Fsp3) is 0.200. The van der Waals surface area contributed by atoms with Crippen molar-refractivity contribution in [2.45, 2.75) is 27.7 Å². The largest absolute Gasteiger partial charge is 0.460 e. The molecular weight excluding hydrogens is 256 g/mol. The van der Waals surface area contributed by atoms with Gasteiger partial charge in [0.1, 0.15) is 11.3 Å². The van der Waals surface area contributed by atoms with Gasteiger partial charge in [-0.05, 0) is 61.6 Å². The number of aryl methyl sites for hydroxylation is 4. The molecular formula is C20H20O. The molecule has 0 atom stereocenters. The molecule has 0 saturated carbocycles. The molecule has 21 heavy (non-hydrogen) atoms. The number of hydrogen-bond acceptors (Lipinski definition) is 1. The van der Waals surface area contributed by atoms with Gasteiger partial charge < -0.3 is 4.42 Å². The number of benzene rings is 2. The van der Waals surface area contributed by atoms with Crippen molar-refractivity contribution in [1.82, 2.24) is 0 Å². The molecule has 0 unspecified atom stereocenters. The van der Waals surface area contributed by atoms with E-state index in [1.807, 2.05) is 13.0 Å². The highest BCUT2D eigenvalue weighted by molar-refractivity contribution is 5.97. The number of furan rings is 1. The van der Waals surface area contributed by atoms with Crippen LogP contribution in [0.15, 0.2) is 41.3 Å². The molecule has 106 valence electrons. The van der Waals surface area contributed by atoms with Crippen LogP contribution in [0.1, 0.15) is 28.0 Å². The lowest BCUT2D eigenvalue weighted by Gasteiger charge is -2.12. The Bertz CT molecular complexity index is 850. The van der Waals surface area contributed by atoms with Crippen LogP contribution in [0.4, 0.5) is 0 Å². The van der Waals surface area contributed by atoms with E-state index in [-0.39, 0.29) is 0 Å². The zero-order valence-electron chi connectivity index (χ0n) is 13.1. The fourth-order valence-electron chi connectivity index (χ4n) is 3.13. The molecule has 0 aliphatic rings. The maximum Gasteiger partial charge on any atom is 0.138 e. The van der Waals surface area contributed by atoms with E-state index in [1.165, 1.54) is 33.2 Å². The summed E-state index contributed by atoms with van der Waals surface area (Å²) in [6, 6.07) is 10.7. The summed E-state index contributed by atoms with van der Waals surface area (Å²) < 4.78 is 5.95. The molecule has 1 heterocycles. The monoisotopic (exact) mass is 276 g/mol. The molecule has 2 aromatic carbocycles. The summed E-state index contributed by atoms with van der Waals surface area (Å²) in [7, 11) is 0. The van der Waals surface area contributed by atoms with E-state index < -0.39 is 0 Å². The second-order valence-electron chi connectivity index (χ2n) is 5.66. The van der Waals surface area contributed by atoms with Crippen molar-refractivity contribution in [3.63, 3.8) is 0 Å². The van der Waals surface area contributed by atoms with E-state index in [9.17, 15) is 0 Å². The van der Waals surface area contributed by atoms with Crippen LogP contribution in [0.5, 0.6) is 0 Å². The van der Waals surface area contributed by atoms with Crippen LogP contribution < -0.4 is 0 Å². The minimum absolute atomic E-state index is 0.938. The Balaban J connectivity index is 2.44. The summed E-state index contributed by atoms with van der Waals surface area (Å²) >= 11 is 0. The summed E-state index contributed by atoms with van der Waals surface area (Å²) in [5.41, 5.74) is 8.38. The lowest BCUT2D eigenvalue weighted by Crippen LogP contribution is -1.90. The molecule has 0 fully saturated rings. The molecule has 0 amide bonds. The normalized spacial score (nSPS) is 11.0.